The van der Waals surface area contributed by atoms with Crippen LogP contribution >= 0.6 is 0 Å². The lowest BCUT2D eigenvalue weighted by Gasteiger charge is -2.27. The van der Waals surface area contributed by atoms with Crippen molar-refractivity contribution >= 4 is 5.91 Å². The molecule has 13 heavy (non-hydrogen) atoms. The van der Waals surface area contributed by atoms with Crippen LogP contribution in [0.3, 0.4) is 0 Å². The summed E-state index contributed by atoms with van der Waals surface area (Å²) in [6, 6.07) is 0. The molecule has 0 aliphatic carbocycles. The molecule has 2 nitrogen and oxygen atoms in total. The molecule has 0 aromatic rings. The number of carbonyl (C=O) groups is 1. The van der Waals surface area contributed by atoms with Crippen LogP contribution in [0.2, 0.25) is 0 Å². The molecule has 1 atom stereocenters. The first-order valence-electron chi connectivity index (χ1n) is 4.86. The Morgan fingerprint density at radius 3 is 2.77 bits per heavy atom. The number of rotatable bonds is 1. The van der Waals surface area contributed by atoms with Crippen molar-refractivity contribution in [3.8, 4) is 0 Å². The van der Waals surface area contributed by atoms with E-state index >= 15 is 0 Å². The third-order valence-corrected chi connectivity index (χ3v) is 2.56. The molecule has 1 heterocycles. The molecule has 0 saturated carbocycles. The number of amides is 1. The Kier molecular flexibility index (Phi) is 2.79. The summed E-state index contributed by atoms with van der Waals surface area (Å²) in [6.45, 7) is 11.0. The minimum atomic E-state index is 0.216. The molecule has 0 aromatic heterocycles. The van der Waals surface area contributed by atoms with E-state index in [1.165, 1.54) is 0 Å². The largest absolute Gasteiger partial charge is 0.319 e. The van der Waals surface area contributed by atoms with Crippen molar-refractivity contribution in [3.05, 3.63) is 12.8 Å². The zero-order valence-electron chi connectivity index (χ0n) is 8.84. The number of carbonyl (C=O) groups excluding carboxylic acids is 1. The zero-order chi connectivity index (χ0) is 10.1. The molecule has 1 saturated heterocycles. The van der Waals surface area contributed by atoms with Crippen LogP contribution in [0.1, 0.15) is 33.6 Å². The van der Waals surface area contributed by atoms with Gasteiger partial charge in [-0.05, 0) is 24.0 Å². The Hall–Kier alpha value is -0.790. The van der Waals surface area contributed by atoms with Crippen molar-refractivity contribution in [2.75, 3.05) is 6.54 Å². The normalized spacial score (nSPS) is 28.4. The summed E-state index contributed by atoms with van der Waals surface area (Å²) < 4.78 is 0. The van der Waals surface area contributed by atoms with Crippen LogP contribution in [0.15, 0.2) is 12.8 Å². The Bertz CT molecular complexity index is 220. The predicted octanol–water partition coefficient (Wildman–Crippen LogP) is 2.41. The molecule has 1 aliphatic heterocycles. The van der Waals surface area contributed by atoms with Gasteiger partial charge < -0.3 is 4.90 Å². The topological polar surface area (TPSA) is 20.3 Å². The highest BCUT2D eigenvalue weighted by Gasteiger charge is 2.30. The van der Waals surface area contributed by atoms with Gasteiger partial charge in [-0.1, -0.05) is 27.4 Å². The van der Waals surface area contributed by atoms with E-state index < -0.39 is 0 Å². The molecule has 1 fully saturated rings. The van der Waals surface area contributed by atoms with Crippen LogP contribution in [-0.4, -0.2) is 17.4 Å². The van der Waals surface area contributed by atoms with Gasteiger partial charge in [-0.25, -0.2) is 0 Å². The quantitative estimate of drug-likeness (QED) is 0.608. The van der Waals surface area contributed by atoms with Crippen molar-refractivity contribution < 1.29 is 4.79 Å². The molecule has 0 bridgehead atoms. The van der Waals surface area contributed by atoms with E-state index in [9.17, 15) is 4.79 Å². The molecular formula is C11H19NO. The van der Waals surface area contributed by atoms with Gasteiger partial charge in [-0.2, -0.15) is 0 Å². The van der Waals surface area contributed by atoms with Crippen molar-refractivity contribution in [2.24, 2.45) is 11.3 Å². The highest BCUT2D eigenvalue weighted by Crippen LogP contribution is 2.31. The maximum atomic E-state index is 11.6. The van der Waals surface area contributed by atoms with E-state index in [4.69, 9.17) is 0 Å². The van der Waals surface area contributed by atoms with Crippen LogP contribution in [-0.2, 0) is 4.79 Å². The number of hydrogen-bond donors (Lipinski definition) is 0. The minimum Gasteiger partial charge on any atom is -0.319 e. The van der Waals surface area contributed by atoms with E-state index in [1.54, 1.807) is 11.1 Å². The predicted molar refractivity (Wildman–Crippen MR) is 54.1 cm³/mol. The lowest BCUT2D eigenvalue weighted by molar-refractivity contribution is -0.129. The monoisotopic (exact) mass is 181 g/mol. The van der Waals surface area contributed by atoms with Gasteiger partial charge in [0.25, 0.3) is 0 Å². The fourth-order valence-electron chi connectivity index (χ4n) is 2.21. The molecule has 74 valence electrons. The first-order chi connectivity index (χ1) is 5.94. The first kappa shape index (κ1) is 10.3. The second-order valence-electron chi connectivity index (χ2n) is 4.88. The average molecular weight is 181 g/mol. The van der Waals surface area contributed by atoms with Crippen LogP contribution in [0.4, 0.5) is 0 Å². The Morgan fingerprint density at radius 2 is 2.23 bits per heavy atom. The molecule has 1 unspecified atom stereocenters. The van der Waals surface area contributed by atoms with Gasteiger partial charge in [0.1, 0.15) is 0 Å². The van der Waals surface area contributed by atoms with E-state index in [0.717, 1.165) is 13.0 Å². The zero-order valence-corrected chi connectivity index (χ0v) is 8.84. The van der Waals surface area contributed by atoms with E-state index in [1.807, 2.05) is 0 Å². The van der Waals surface area contributed by atoms with E-state index in [0.29, 0.717) is 12.3 Å². The summed E-state index contributed by atoms with van der Waals surface area (Å²) in [5, 5.41) is 0. The molecule has 0 spiro atoms. The second-order valence-corrected chi connectivity index (χ2v) is 4.88. The third-order valence-electron chi connectivity index (χ3n) is 2.56. The van der Waals surface area contributed by atoms with Crippen molar-refractivity contribution in [1.29, 1.82) is 0 Å². The standard InChI is InChI=1S/C11H19NO/c1-5-12-8-11(3,4)7-9(2)6-10(12)13/h5,9H,1,6-8H2,2-4H3. The minimum absolute atomic E-state index is 0.216. The molecule has 1 amide bonds. The summed E-state index contributed by atoms with van der Waals surface area (Å²) in [6.07, 6.45) is 3.43. The third kappa shape index (κ3) is 2.58. The van der Waals surface area contributed by atoms with Crippen LogP contribution in [0.5, 0.6) is 0 Å². The summed E-state index contributed by atoms with van der Waals surface area (Å²) in [4.78, 5) is 13.4. The SMILES string of the molecule is C=CN1CC(C)(C)CC(C)CC1=O. The average Bonchev–Trinajstić information content (AvgIpc) is 2.06. The van der Waals surface area contributed by atoms with Crippen molar-refractivity contribution in [3.63, 3.8) is 0 Å². The summed E-state index contributed by atoms with van der Waals surface area (Å²) >= 11 is 0. The van der Waals surface area contributed by atoms with Gasteiger partial charge in [0.05, 0.1) is 0 Å². The number of likely N-dealkylation sites (tertiary alicyclic amines) is 1. The van der Waals surface area contributed by atoms with Gasteiger partial charge >= 0.3 is 0 Å². The van der Waals surface area contributed by atoms with Gasteiger partial charge in [0.15, 0.2) is 0 Å². The summed E-state index contributed by atoms with van der Waals surface area (Å²) in [7, 11) is 0. The fourth-order valence-corrected chi connectivity index (χ4v) is 2.21. The lowest BCUT2D eigenvalue weighted by atomic mass is 9.83. The first-order valence-corrected chi connectivity index (χ1v) is 4.86. The maximum Gasteiger partial charge on any atom is 0.226 e. The summed E-state index contributed by atoms with van der Waals surface area (Å²) in [5.74, 6) is 0.709. The molecule has 0 N–H and O–H groups in total. The molecular weight excluding hydrogens is 162 g/mol. The highest BCUT2D eigenvalue weighted by molar-refractivity contribution is 5.77. The molecule has 0 aromatic carbocycles. The second kappa shape index (κ2) is 3.52. The molecule has 0 radical (unpaired) electrons. The molecule has 1 rings (SSSR count). The smallest absolute Gasteiger partial charge is 0.226 e. The maximum absolute atomic E-state index is 11.6. The Morgan fingerprint density at radius 1 is 1.62 bits per heavy atom. The van der Waals surface area contributed by atoms with E-state index in [2.05, 4.69) is 27.4 Å². The van der Waals surface area contributed by atoms with Crippen LogP contribution < -0.4 is 0 Å². The van der Waals surface area contributed by atoms with Crippen LogP contribution in [0.25, 0.3) is 0 Å². The van der Waals surface area contributed by atoms with Crippen molar-refractivity contribution in [1.82, 2.24) is 4.90 Å². The van der Waals surface area contributed by atoms with Crippen LogP contribution in [0, 0.1) is 11.3 Å². The van der Waals surface area contributed by atoms with Crippen molar-refractivity contribution in [2.45, 2.75) is 33.6 Å². The molecule has 2 heteroatoms. The Labute approximate surface area is 80.6 Å². The van der Waals surface area contributed by atoms with Gasteiger partial charge in [-0.3, -0.25) is 4.79 Å². The number of hydrogen-bond acceptors (Lipinski definition) is 1. The van der Waals surface area contributed by atoms with Gasteiger partial charge in [0.2, 0.25) is 5.91 Å². The van der Waals surface area contributed by atoms with Gasteiger partial charge in [0, 0.05) is 13.0 Å². The molecule has 1 aliphatic rings. The number of nitrogens with zero attached hydrogens (tertiary/aromatic N) is 1. The summed E-state index contributed by atoms with van der Waals surface area (Å²) in [5.41, 5.74) is 0.222. The van der Waals surface area contributed by atoms with Gasteiger partial charge in [-0.15, -0.1) is 0 Å². The lowest BCUT2D eigenvalue weighted by Crippen LogP contribution is -2.31. The van der Waals surface area contributed by atoms with E-state index in [-0.39, 0.29) is 11.3 Å². The highest BCUT2D eigenvalue weighted by atomic mass is 16.2. The fraction of sp³-hybridized carbons (Fsp3) is 0.727. The Balaban J connectivity index is 2.80.